The summed E-state index contributed by atoms with van der Waals surface area (Å²) in [6, 6.07) is 3.90. The Bertz CT molecular complexity index is 716. The average Bonchev–Trinajstić information content (AvgIpc) is 3.15. The highest BCUT2D eigenvalue weighted by atomic mass is 16.5. The van der Waals surface area contributed by atoms with Crippen LogP contribution in [0, 0.1) is 5.41 Å². The minimum Gasteiger partial charge on any atom is -0.480 e. The summed E-state index contributed by atoms with van der Waals surface area (Å²) in [5.74, 6) is 0.552. The van der Waals surface area contributed by atoms with Crippen LogP contribution in [0.15, 0.2) is 18.3 Å². The number of pyridine rings is 1. The van der Waals surface area contributed by atoms with Gasteiger partial charge >= 0.3 is 0 Å². The molecule has 0 aromatic carbocycles. The average molecular weight is 371 g/mol. The molecular formula is C21H29N3O3. The smallest absolute Gasteiger partial charge is 0.259 e. The summed E-state index contributed by atoms with van der Waals surface area (Å²) < 4.78 is 5.25. The Morgan fingerprint density at radius 2 is 2.00 bits per heavy atom. The lowest BCUT2D eigenvalue weighted by molar-refractivity contribution is -0.149. The Labute approximate surface area is 160 Å². The Morgan fingerprint density at radius 3 is 2.78 bits per heavy atom. The molecule has 1 spiro atoms. The van der Waals surface area contributed by atoms with E-state index >= 15 is 0 Å². The largest absolute Gasteiger partial charge is 0.480 e. The lowest BCUT2D eigenvalue weighted by Gasteiger charge is -2.44. The van der Waals surface area contributed by atoms with Crippen LogP contribution in [-0.4, -0.2) is 59.4 Å². The number of hydrogen-bond acceptors (Lipinski definition) is 4. The first kappa shape index (κ1) is 18.3. The molecule has 146 valence electrons. The molecule has 1 aromatic heterocycles. The number of carbonyl (C=O) groups excluding carboxylic acids is 2. The Kier molecular flexibility index (Phi) is 5.06. The first-order valence-corrected chi connectivity index (χ1v) is 10.2. The van der Waals surface area contributed by atoms with E-state index in [0.29, 0.717) is 30.6 Å². The molecule has 0 radical (unpaired) electrons. The summed E-state index contributed by atoms with van der Waals surface area (Å²) in [6.07, 6.45) is 10.3. The van der Waals surface area contributed by atoms with Gasteiger partial charge in [0, 0.05) is 31.9 Å². The summed E-state index contributed by atoms with van der Waals surface area (Å²) in [5.41, 5.74) is 0.0882. The Hall–Kier alpha value is -2.11. The van der Waals surface area contributed by atoms with Gasteiger partial charge in [-0.1, -0.05) is 19.3 Å². The predicted octanol–water partition coefficient (Wildman–Crippen LogP) is 2.88. The molecule has 27 heavy (non-hydrogen) atoms. The quantitative estimate of drug-likeness (QED) is 0.820. The topological polar surface area (TPSA) is 62.7 Å². The number of hydrogen-bond donors (Lipinski definition) is 0. The molecule has 3 aliphatic rings. The number of rotatable bonds is 3. The van der Waals surface area contributed by atoms with E-state index in [1.54, 1.807) is 18.3 Å². The van der Waals surface area contributed by atoms with Crippen LogP contribution in [0.1, 0.15) is 61.7 Å². The fourth-order valence-corrected chi connectivity index (χ4v) is 5.15. The van der Waals surface area contributed by atoms with Gasteiger partial charge in [-0.05, 0) is 44.2 Å². The van der Waals surface area contributed by atoms with Crippen LogP contribution in [0.3, 0.4) is 0 Å². The molecule has 1 aromatic rings. The maximum absolute atomic E-state index is 13.4. The summed E-state index contributed by atoms with van der Waals surface area (Å²) in [5, 5.41) is 0. The van der Waals surface area contributed by atoms with Gasteiger partial charge in [-0.15, -0.1) is 0 Å². The van der Waals surface area contributed by atoms with Crippen molar-refractivity contribution in [1.29, 1.82) is 0 Å². The molecule has 0 unspecified atom stereocenters. The zero-order valence-electron chi connectivity index (χ0n) is 16.2. The second kappa shape index (κ2) is 7.49. The minimum atomic E-state index is -0.388. The molecule has 2 aliphatic heterocycles. The van der Waals surface area contributed by atoms with Crippen LogP contribution in [-0.2, 0) is 4.79 Å². The van der Waals surface area contributed by atoms with E-state index in [4.69, 9.17) is 4.74 Å². The molecule has 3 heterocycles. The van der Waals surface area contributed by atoms with Crippen molar-refractivity contribution in [2.24, 2.45) is 5.41 Å². The molecule has 6 heteroatoms. The van der Waals surface area contributed by atoms with Gasteiger partial charge in [0.05, 0.1) is 12.5 Å². The molecule has 2 amide bonds. The standard InChI is InChI=1S/C21H29N3O3/c1-27-18-17(9-5-12-22-18)19(25)23-14-11-21(15-23)10-6-13-24(20(21)26)16-7-3-2-4-8-16/h5,9,12,16H,2-4,6-8,10-11,13-15H2,1H3/t21-/m1/s1. The number of carbonyl (C=O) groups is 2. The van der Waals surface area contributed by atoms with Crippen molar-refractivity contribution < 1.29 is 14.3 Å². The van der Waals surface area contributed by atoms with Crippen LogP contribution in [0.4, 0.5) is 0 Å². The predicted molar refractivity (Wildman–Crippen MR) is 102 cm³/mol. The fourth-order valence-electron chi connectivity index (χ4n) is 5.15. The van der Waals surface area contributed by atoms with Gasteiger partial charge in [0.1, 0.15) is 5.56 Å². The third kappa shape index (κ3) is 3.30. The van der Waals surface area contributed by atoms with Crippen molar-refractivity contribution >= 4 is 11.8 Å². The van der Waals surface area contributed by atoms with Gasteiger partial charge in [-0.3, -0.25) is 9.59 Å². The molecular weight excluding hydrogens is 342 g/mol. The lowest BCUT2D eigenvalue weighted by atomic mass is 9.77. The molecule has 6 nitrogen and oxygen atoms in total. The normalized spacial score (nSPS) is 26.6. The maximum Gasteiger partial charge on any atom is 0.259 e. The van der Waals surface area contributed by atoms with Crippen LogP contribution < -0.4 is 4.74 Å². The summed E-state index contributed by atoms with van der Waals surface area (Å²) in [7, 11) is 1.53. The molecule has 1 aliphatic carbocycles. The van der Waals surface area contributed by atoms with E-state index in [9.17, 15) is 9.59 Å². The van der Waals surface area contributed by atoms with Gasteiger partial charge in [-0.25, -0.2) is 4.98 Å². The Morgan fingerprint density at radius 1 is 1.19 bits per heavy atom. The first-order valence-electron chi connectivity index (χ1n) is 10.2. The van der Waals surface area contributed by atoms with Gasteiger partial charge in [0.25, 0.3) is 5.91 Å². The summed E-state index contributed by atoms with van der Waals surface area (Å²) in [6.45, 7) is 2.03. The zero-order valence-corrected chi connectivity index (χ0v) is 16.2. The van der Waals surface area contributed by atoms with Crippen molar-refractivity contribution in [3.8, 4) is 5.88 Å². The summed E-state index contributed by atoms with van der Waals surface area (Å²) >= 11 is 0. The van der Waals surface area contributed by atoms with E-state index in [2.05, 4.69) is 9.88 Å². The molecule has 0 bridgehead atoms. The minimum absolute atomic E-state index is 0.0839. The Balaban J connectivity index is 1.50. The van der Waals surface area contributed by atoms with Gasteiger partial charge in [0.2, 0.25) is 11.8 Å². The third-order valence-electron chi connectivity index (χ3n) is 6.62. The monoisotopic (exact) mass is 371 g/mol. The number of piperidine rings is 1. The van der Waals surface area contributed by atoms with E-state index in [0.717, 1.165) is 38.6 Å². The lowest BCUT2D eigenvalue weighted by Crippen LogP contribution is -2.54. The summed E-state index contributed by atoms with van der Waals surface area (Å²) in [4.78, 5) is 34.6. The van der Waals surface area contributed by atoms with Crippen molar-refractivity contribution in [3.63, 3.8) is 0 Å². The molecule has 0 N–H and O–H groups in total. The van der Waals surface area contributed by atoms with Crippen molar-refractivity contribution in [2.75, 3.05) is 26.7 Å². The van der Waals surface area contributed by atoms with E-state index in [-0.39, 0.29) is 17.2 Å². The van der Waals surface area contributed by atoms with Crippen molar-refractivity contribution in [2.45, 2.75) is 57.4 Å². The zero-order chi connectivity index (χ0) is 18.9. The van der Waals surface area contributed by atoms with Crippen LogP contribution in [0.25, 0.3) is 0 Å². The van der Waals surface area contributed by atoms with Gasteiger partial charge in [-0.2, -0.15) is 0 Å². The van der Waals surface area contributed by atoms with Crippen LogP contribution in [0.5, 0.6) is 5.88 Å². The second-order valence-electron chi connectivity index (χ2n) is 8.21. The number of nitrogens with zero attached hydrogens (tertiary/aromatic N) is 3. The molecule has 3 fully saturated rings. The highest BCUT2D eigenvalue weighted by Crippen LogP contribution is 2.42. The molecule has 1 saturated carbocycles. The van der Waals surface area contributed by atoms with Crippen molar-refractivity contribution in [1.82, 2.24) is 14.8 Å². The fraction of sp³-hybridized carbons (Fsp3) is 0.667. The van der Waals surface area contributed by atoms with Crippen LogP contribution in [0.2, 0.25) is 0 Å². The first-order chi connectivity index (χ1) is 13.1. The van der Waals surface area contributed by atoms with Crippen LogP contribution >= 0.6 is 0 Å². The molecule has 1 atom stereocenters. The van der Waals surface area contributed by atoms with E-state index in [1.807, 2.05) is 4.90 Å². The maximum atomic E-state index is 13.4. The number of likely N-dealkylation sites (tertiary alicyclic amines) is 2. The number of amides is 2. The second-order valence-corrected chi connectivity index (χ2v) is 8.21. The molecule has 2 saturated heterocycles. The van der Waals surface area contributed by atoms with E-state index in [1.165, 1.54) is 26.4 Å². The number of methoxy groups -OCH3 is 1. The number of aromatic nitrogens is 1. The van der Waals surface area contributed by atoms with Crippen molar-refractivity contribution in [3.05, 3.63) is 23.9 Å². The van der Waals surface area contributed by atoms with Gasteiger partial charge < -0.3 is 14.5 Å². The SMILES string of the molecule is COc1ncccc1C(=O)N1CC[C@]2(CCCN(C3CCCCC3)C2=O)C1. The molecule has 4 rings (SSSR count). The third-order valence-corrected chi connectivity index (χ3v) is 6.62. The van der Waals surface area contributed by atoms with Gasteiger partial charge in [0.15, 0.2) is 0 Å². The van der Waals surface area contributed by atoms with E-state index < -0.39 is 0 Å². The highest BCUT2D eigenvalue weighted by molar-refractivity contribution is 5.97. The highest BCUT2D eigenvalue weighted by Gasteiger charge is 2.50. The number of ether oxygens (including phenoxy) is 1.